The average molecular weight is 432 g/mol. The zero-order valence-electron chi connectivity index (χ0n) is 15.8. The van der Waals surface area contributed by atoms with Crippen LogP contribution >= 0.6 is 11.3 Å². The summed E-state index contributed by atoms with van der Waals surface area (Å²) in [5.74, 6) is 0.626. The van der Waals surface area contributed by atoms with E-state index in [2.05, 4.69) is 15.0 Å². The zero-order valence-corrected chi connectivity index (χ0v) is 17.4. The highest BCUT2D eigenvalue weighted by molar-refractivity contribution is 7.93. The summed E-state index contributed by atoms with van der Waals surface area (Å²) in [6.07, 6.45) is 0.793. The maximum Gasteiger partial charge on any atom is 0.263 e. The first kappa shape index (κ1) is 20.8. The van der Waals surface area contributed by atoms with Crippen LogP contribution in [0, 0.1) is 0 Å². The number of sulfonamides is 1. The molecule has 2 N–H and O–H groups in total. The topological polar surface area (TPSA) is 97.4 Å². The van der Waals surface area contributed by atoms with Gasteiger partial charge in [0.2, 0.25) is 5.91 Å². The predicted molar refractivity (Wildman–Crippen MR) is 113 cm³/mol. The van der Waals surface area contributed by atoms with E-state index in [1.807, 2.05) is 24.3 Å². The maximum absolute atomic E-state index is 12.3. The van der Waals surface area contributed by atoms with Gasteiger partial charge in [-0.1, -0.05) is 30.3 Å². The fourth-order valence-electron chi connectivity index (χ4n) is 2.57. The zero-order chi connectivity index (χ0) is 20.7. The third kappa shape index (κ3) is 6.03. The van der Waals surface area contributed by atoms with Crippen molar-refractivity contribution in [3.8, 4) is 5.75 Å². The molecule has 0 aliphatic heterocycles. The van der Waals surface area contributed by atoms with Crippen LogP contribution in [0.25, 0.3) is 0 Å². The first-order valence-electron chi connectivity index (χ1n) is 8.88. The van der Waals surface area contributed by atoms with Crippen LogP contribution in [-0.4, -0.2) is 33.0 Å². The minimum absolute atomic E-state index is 0.0895. The summed E-state index contributed by atoms with van der Waals surface area (Å²) in [7, 11) is -2.07. The van der Waals surface area contributed by atoms with E-state index >= 15 is 0 Å². The van der Waals surface area contributed by atoms with Gasteiger partial charge in [-0.15, -0.1) is 11.3 Å². The van der Waals surface area contributed by atoms with Crippen LogP contribution in [0.3, 0.4) is 0 Å². The highest BCUT2D eigenvalue weighted by Crippen LogP contribution is 2.20. The van der Waals surface area contributed by atoms with E-state index in [0.717, 1.165) is 22.6 Å². The number of ether oxygens (including phenoxy) is 1. The molecule has 0 saturated heterocycles. The van der Waals surface area contributed by atoms with E-state index in [1.54, 1.807) is 30.7 Å². The van der Waals surface area contributed by atoms with Crippen LogP contribution in [0.15, 0.2) is 64.9 Å². The molecule has 0 spiro atoms. The summed E-state index contributed by atoms with van der Waals surface area (Å²) in [5, 5.41) is 4.75. The Balaban J connectivity index is 1.48. The minimum atomic E-state index is -3.69. The second kappa shape index (κ2) is 9.53. The lowest BCUT2D eigenvalue weighted by Gasteiger charge is -2.06. The first-order valence-corrected chi connectivity index (χ1v) is 11.2. The molecule has 3 aromatic rings. The van der Waals surface area contributed by atoms with Crippen LogP contribution in [0.1, 0.15) is 11.3 Å². The molecule has 0 unspecified atom stereocenters. The molecule has 0 aliphatic carbocycles. The molecule has 1 heterocycles. The number of rotatable bonds is 9. The molecule has 0 atom stereocenters. The molecular weight excluding hydrogens is 410 g/mol. The molecule has 0 bridgehead atoms. The Bertz CT molecular complexity index is 1050. The standard InChI is InChI=1S/C20H21N3O4S2/c1-27-17-9-7-15(8-10-17)11-12-21-19(24)13-16-14-28-20(22-16)23-29(25,26)18-5-3-2-4-6-18/h2-10,14H,11-13H2,1H3,(H,21,24)(H,22,23). The summed E-state index contributed by atoms with van der Waals surface area (Å²) in [5.41, 5.74) is 1.61. The molecular formula is C20H21N3O4S2. The summed E-state index contributed by atoms with van der Waals surface area (Å²) in [4.78, 5) is 16.5. The molecule has 0 fully saturated rings. The number of nitrogens with zero attached hydrogens (tertiary/aromatic N) is 1. The monoisotopic (exact) mass is 431 g/mol. The molecule has 1 aromatic heterocycles. The van der Waals surface area contributed by atoms with Crippen molar-refractivity contribution >= 4 is 32.4 Å². The fourth-order valence-corrected chi connectivity index (χ4v) is 4.56. The second-order valence-corrected chi connectivity index (χ2v) is 8.73. The number of aromatic nitrogens is 1. The lowest BCUT2D eigenvalue weighted by molar-refractivity contribution is -0.120. The molecule has 0 saturated carbocycles. The molecule has 29 heavy (non-hydrogen) atoms. The van der Waals surface area contributed by atoms with Crippen molar-refractivity contribution in [1.29, 1.82) is 0 Å². The fraction of sp³-hybridized carbons (Fsp3) is 0.200. The van der Waals surface area contributed by atoms with Crippen LogP contribution in [-0.2, 0) is 27.7 Å². The van der Waals surface area contributed by atoms with Gasteiger partial charge in [0.05, 0.1) is 24.1 Å². The largest absolute Gasteiger partial charge is 0.497 e. The van der Waals surface area contributed by atoms with Crippen molar-refractivity contribution in [3.63, 3.8) is 0 Å². The van der Waals surface area contributed by atoms with Gasteiger partial charge in [0, 0.05) is 11.9 Å². The third-order valence-electron chi connectivity index (χ3n) is 4.06. The molecule has 3 rings (SSSR count). The predicted octanol–water partition coefficient (Wildman–Crippen LogP) is 2.85. The van der Waals surface area contributed by atoms with E-state index in [0.29, 0.717) is 18.7 Å². The number of thiazole rings is 1. The highest BCUT2D eigenvalue weighted by Gasteiger charge is 2.16. The normalized spacial score (nSPS) is 11.1. The number of nitrogens with one attached hydrogen (secondary N) is 2. The number of amides is 1. The number of carbonyl (C=O) groups excluding carboxylic acids is 1. The van der Waals surface area contributed by atoms with Crippen LogP contribution in [0.5, 0.6) is 5.75 Å². The first-order chi connectivity index (χ1) is 14.0. The number of carbonyl (C=O) groups is 1. The quantitative estimate of drug-likeness (QED) is 0.543. The van der Waals surface area contributed by atoms with E-state index in [9.17, 15) is 13.2 Å². The number of methoxy groups -OCH3 is 1. The van der Waals surface area contributed by atoms with Crippen molar-refractivity contribution in [2.75, 3.05) is 18.4 Å². The third-order valence-corrected chi connectivity index (χ3v) is 6.35. The molecule has 9 heteroatoms. The number of hydrogen-bond donors (Lipinski definition) is 2. The lowest BCUT2D eigenvalue weighted by Crippen LogP contribution is -2.27. The Hall–Kier alpha value is -2.91. The molecule has 152 valence electrons. The Morgan fingerprint density at radius 1 is 1.10 bits per heavy atom. The second-order valence-electron chi connectivity index (χ2n) is 6.19. The smallest absolute Gasteiger partial charge is 0.263 e. The number of hydrogen-bond acceptors (Lipinski definition) is 6. The van der Waals surface area contributed by atoms with Gasteiger partial charge in [0.15, 0.2) is 5.13 Å². The van der Waals surface area contributed by atoms with Crippen molar-refractivity contribution in [3.05, 3.63) is 71.2 Å². The maximum atomic E-state index is 12.3. The van der Waals surface area contributed by atoms with Crippen molar-refractivity contribution < 1.29 is 17.9 Å². The van der Waals surface area contributed by atoms with Crippen LogP contribution < -0.4 is 14.8 Å². The van der Waals surface area contributed by atoms with E-state index in [1.165, 1.54) is 12.1 Å². The van der Waals surface area contributed by atoms with Gasteiger partial charge < -0.3 is 10.1 Å². The van der Waals surface area contributed by atoms with Crippen molar-refractivity contribution in [2.24, 2.45) is 0 Å². The summed E-state index contributed by atoms with van der Waals surface area (Å²) >= 11 is 1.14. The Labute approximate surface area is 173 Å². The molecule has 0 aliphatic rings. The number of benzene rings is 2. The van der Waals surface area contributed by atoms with E-state index in [-0.39, 0.29) is 22.4 Å². The van der Waals surface area contributed by atoms with Crippen LogP contribution in [0.4, 0.5) is 5.13 Å². The number of anilines is 1. The van der Waals surface area contributed by atoms with Gasteiger partial charge in [-0.3, -0.25) is 9.52 Å². The highest BCUT2D eigenvalue weighted by atomic mass is 32.2. The minimum Gasteiger partial charge on any atom is -0.497 e. The van der Waals surface area contributed by atoms with Gasteiger partial charge in [-0.25, -0.2) is 13.4 Å². The molecule has 7 nitrogen and oxygen atoms in total. The molecule has 0 radical (unpaired) electrons. The van der Waals surface area contributed by atoms with Gasteiger partial charge in [-0.2, -0.15) is 0 Å². The van der Waals surface area contributed by atoms with Crippen molar-refractivity contribution in [1.82, 2.24) is 10.3 Å². The van der Waals surface area contributed by atoms with Crippen LogP contribution in [0.2, 0.25) is 0 Å². The van der Waals surface area contributed by atoms with Gasteiger partial charge in [0.25, 0.3) is 10.0 Å². The summed E-state index contributed by atoms with van der Waals surface area (Å²) in [6.45, 7) is 0.503. The average Bonchev–Trinajstić information content (AvgIpc) is 3.15. The van der Waals surface area contributed by atoms with Gasteiger partial charge >= 0.3 is 0 Å². The van der Waals surface area contributed by atoms with Crippen molar-refractivity contribution in [2.45, 2.75) is 17.7 Å². The Morgan fingerprint density at radius 2 is 1.83 bits per heavy atom. The Morgan fingerprint density at radius 3 is 2.52 bits per heavy atom. The lowest BCUT2D eigenvalue weighted by atomic mass is 10.1. The van der Waals surface area contributed by atoms with Gasteiger partial charge in [0.1, 0.15) is 5.75 Å². The molecule has 1 amide bonds. The van der Waals surface area contributed by atoms with Gasteiger partial charge in [-0.05, 0) is 36.2 Å². The SMILES string of the molecule is COc1ccc(CCNC(=O)Cc2csc(NS(=O)(=O)c3ccccc3)n2)cc1. The summed E-state index contributed by atoms with van der Waals surface area (Å²) in [6, 6.07) is 15.7. The Kier molecular flexibility index (Phi) is 6.84. The van der Waals surface area contributed by atoms with E-state index < -0.39 is 10.0 Å². The molecule has 2 aromatic carbocycles. The van der Waals surface area contributed by atoms with E-state index in [4.69, 9.17) is 4.74 Å². The summed E-state index contributed by atoms with van der Waals surface area (Å²) < 4.78 is 32.2.